The van der Waals surface area contributed by atoms with E-state index >= 15 is 0 Å². The van der Waals surface area contributed by atoms with Crippen molar-refractivity contribution < 1.29 is 27.6 Å². The van der Waals surface area contributed by atoms with E-state index in [2.05, 4.69) is 30.1 Å². The summed E-state index contributed by atoms with van der Waals surface area (Å²) in [5.41, 5.74) is 0.710. The topological polar surface area (TPSA) is 119 Å². The number of halogens is 2. The minimum atomic E-state index is -2.95. The Hall–Kier alpha value is -3.57. The summed E-state index contributed by atoms with van der Waals surface area (Å²) >= 11 is 0. The Balaban J connectivity index is 1.56. The van der Waals surface area contributed by atoms with Crippen LogP contribution in [0.25, 0.3) is 11.6 Å². The fraction of sp³-hybridized carbons (Fsp3) is 0.389. The van der Waals surface area contributed by atoms with Crippen molar-refractivity contribution in [1.82, 2.24) is 30.2 Å². The summed E-state index contributed by atoms with van der Waals surface area (Å²) in [5, 5.41) is 10.1. The molecule has 0 aliphatic heterocycles. The molecule has 3 rings (SSSR count). The van der Waals surface area contributed by atoms with E-state index < -0.39 is 6.61 Å². The fourth-order valence-electron chi connectivity index (χ4n) is 2.65. The molecule has 0 saturated carbocycles. The van der Waals surface area contributed by atoms with Crippen molar-refractivity contribution >= 4 is 5.91 Å². The molecular weight excluding hydrogens is 402 g/mol. The molecule has 2 aromatic heterocycles. The zero-order chi connectivity index (χ0) is 21.5. The van der Waals surface area contributed by atoms with Gasteiger partial charge in [0, 0.05) is 26.4 Å². The van der Waals surface area contributed by atoms with Gasteiger partial charge in [0.25, 0.3) is 0 Å². The number of nitrogens with one attached hydrogen (secondary N) is 1. The number of amides is 1. The number of nitrogens with zero attached hydrogens (tertiary/aromatic N) is 5. The summed E-state index contributed by atoms with van der Waals surface area (Å²) in [4.78, 5) is 22.0. The SMILES string of the molecule is CCOc1cc(CN(C)C(=O)CCc2nc(-c3ncn[nH]3)no2)ccc1OC(F)F. The van der Waals surface area contributed by atoms with Gasteiger partial charge in [-0.3, -0.25) is 9.89 Å². The zero-order valence-corrected chi connectivity index (χ0v) is 16.3. The van der Waals surface area contributed by atoms with Crippen LogP contribution in [-0.4, -0.2) is 56.4 Å². The van der Waals surface area contributed by atoms with E-state index in [1.165, 1.54) is 17.3 Å². The van der Waals surface area contributed by atoms with Gasteiger partial charge in [0.1, 0.15) is 6.33 Å². The van der Waals surface area contributed by atoms with Crippen LogP contribution in [0.1, 0.15) is 24.8 Å². The summed E-state index contributed by atoms with van der Waals surface area (Å²) in [6.45, 7) is -0.660. The van der Waals surface area contributed by atoms with Crippen molar-refractivity contribution in [3.63, 3.8) is 0 Å². The van der Waals surface area contributed by atoms with Gasteiger partial charge in [0.15, 0.2) is 17.3 Å². The molecule has 0 saturated heterocycles. The molecule has 12 heteroatoms. The Kier molecular flexibility index (Phi) is 6.88. The fourth-order valence-corrected chi connectivity index (χ4v) is 2.65. The van der Waals surface area contributed by atoms with Crippen LogP contribution in [0.15, 0.2) is 29.0 Å². The van der Waals surface area contributed by atoms with Gasteiger partial charge in [-0.15, -0.1) is 0 Å². The van der Waals surface area contributed by atoms with Crippen LogP contribution in [0, 0.1) is 0 Å². The smallest absolute Gasteiger partial charge is 0.387 e. The molecule has 0 unspecified atom stereocenters. The number of alkyl halides is 2. The minimum Gasteiger partial charge on any atom is -0.490 e. The number of rotatable bonds is 10. The average Bonchev–Trinajstić information content (AvgIpc) is 3.39. The third kappa shape index (κ3) is 5.49. The highest BCUT2D eigenvalue weighted by Crippen LogP contribution is 2.30. The molecule has 0 fully saturated rings. The van der Waals surface area contributed by atoms with Gasteiger partial charge >= 0.3 is 6.61 Å². The second-order valence-electron chi connectivity index (χ2n) is 6.19. The van der Waals surface area contributed by atoms with Gasteiger partial charge in [-0.1, -0.05) is 11.2 Å². The number of ether oxygens (including phenoxy) is 2. The quantitative estimate of drug-likeness (QED) is 0.529. The van der Waals surface area contributed by atoms with Crippen molar-refractivity contribution in [3.05, 3.63) is 36.0 Å². The predicted octanol–water partition coefficient (Wildman–Crippen LogP) is 2.45. The number of aromatic nitrogens is 5. The van der Waals surface area contributed by atoms with E-state index in [0.29, 0.717) is 17.3 Å². The normalized spacial score (nSPS) is 11.0. The molecule has 1 amide bonds. The number of aromatic amines is 1. The maximum Gasteiger partial charge on any atom is 0.387 e. The second kappa shape index (κ2) is 9.76. The summed E-state index contributed by atoms with van der Waals surface area (Å²) in [6, 6.07) is 4.58. The van der Waals surface area contributed by atoms with Gasteiger partial charge < -0.3 is 18.9 Å². The first-order valence-electron chi connectivity index (χ1n) is 9.09. The van der Waals surface area contributed by atoms with Crippen LogP contribution < -0.4 is 9.47 Å². The Morgan fingerprint density at radius 3 is 2.87 bits per heavy atom. The molecule has 2 heterocycles. The number of hydrogen-bond acceptors (Lipinski definition) is 8. The van der Waals surface area contributed by atoms with Crippen molar-refractivity contribution in [2.24, 2.45) is 0 Å². The molecule has 0 aliphatic rings. The summed E-state index contributed by atoms with van der Waals surface area (Å²) in [5.74, 6) is 0.928. The first-order chi connectivity index (χ1) is 14.5. The third-order valence-corrected chi connectivity index (χ3v) is 4.02. The lowest BCUT2D eigenvalue weighted by Crippen LogP contribution is -2.26. The van der Waals surface area contributed by atoms with Crippen LogP contribution in [0.2, 0.25) is 0 Å². The van der Waals surface area contributed by atoms with E-state index in [4.69, 9.17) is 9.26 Å². The van der Waals surface area contributed by atoms with Gasteiger partial charge in [-0.25, -0.2) is 4.98 Å². The maximum absolute atomic E-state index is 12.5. The number of H-pyrrole nitrogens is 1. The molecule has 0 radical (unpaired) electrons. The maximum atomic E-state index is 12.5. The highest BCUT2D eigenvalue weighted by atomic mass is 19.3. The second-order valence-corrected chi connectivity index (χ2v) is 6.19. The molecule has 0 spiro atoms. The molecule has 0 bridgehead atoms. The first kappa shape index (κ1) is 21.1. The number of carbonyl (C=O) groups is 1. The molecular formula is C18H20F2N6O4. The average molecular weight is 422 g/mol. The molecule has 1 N–H and O–H groups in total. The van der Waals surface area contributed by atoms with Crippen molar-refractivity contribution in [1.29, 1.82) is 0 Å². The van der Waals surface area contributed by atoms with Crippen LogP contribution in [0.3, 0.4) is 0 Å². The first-order valence-corrected chi connectivity index (χ1v) is 9.09. The number of hydrogen-bond donors (Lipinski definition) is 1. The summed E-state index contributed by atoms with van der Waals surface area (Å²) in [6.07, 6.45) is 1.74. The van der Waals surface area contributed by atoms with Crippen molar-refractivity contribution in [2.75, 3.05) is 13.7 Å². The summed E-state index contributed by atoms with van der Waals surface area (Å²) < 4.78 is 39.9. The Morgan fingerprint density at radius 1 is 1.33 bits per heavy atom. The molecule has 160 valence electrons. The predicted molar refractivity (Wildman–Crippen MR) is 98.7 cm³/mol. The van der Waals surface area contributed by atoms with Crippen LogP contribution in [0.4, 0.5) is 8.78 Å². The zero-order valence-electron chi connectivity index (χ0n) is 16.3. The minimum absolute atomic E-state index is 0.0523. The Labute approximate surface area is 170 Å². The van der Waals surface area contributed by atoms with Crippen LogP contribution in [-0.2, 0) is 17.8 Å². The van der Waals surface area contributed by atoms with E-state index in [1.54, 1.807) is 26.1 Å². The Bertz CT molecular complexity index is 964. The highest BCUT2D eigenvalue weighted by molar-refractivity contribution is 5.76. The third-order valence-electron chi connectivity index (χ3n) is 4.02. The molecule has 10 nitrogen and oxygen atoms in total. The highest BCUT2D eigenvalue weighted by Gasteiger charge is 2.16. The lowest BCUT2D eigenvalue weighted by Gasteiger charge is -2.18. The van der Waals surface area contributed by atoms with Crippen molar-refractivity contribution in [2.45, 2.75) is 32.9 Å². The standard InChI is InChI=1S/C18H20F2N6O4/c1-3-28-13-8-11(4-5-12(13)29-18(19)20)9-26(2)15(27)7-6-14-23-17(25-30-14)16-21-10-22-24-16/h4-5,8,10,18H,3,6-7,9H2,1-2H3,(H,21,22,24). The van der Waals surface area contributed by atoms with E-state index in [0.717, 1.165) is 0 Å². The lowest BCUT2D eigenvalue weighted by atomic mass is 10.1. The van der Waals surface area contributed by atoms with Crippen LogP contribution >= 0.6 is 0 Å². The molecule has 1 aromatic carbocycles. The van der Waals surface area contributed by atoms with Crippen molar-refractivity contribution in [3.8, 4) is 23.1 Å². The van der Waals surface area contributed by atoms with Gasteiger partial charge in [0.2, 0.25) is 17.6 Å². The number of carbonyl (C=O) groups excluding carboxylic acids is 1. The number of benzene rings is 1. The monoisotopic (exact) mass is 422 g/mol. The van der Waals surface area contributed by atoms with E-state index in [1.807, 2.05) is 0 Å². The van der Waals surface area contributed by atoms with E-state index in [-0.39, 0.29) is 49.2 Å². The Morgan fingerprint density at radius 2 is 2.17 bits per heavy atom. The van der Waals surface area contributed by atoms with Gasteiger partial charge in [-0.2, -0.15) is 18.9 Å². The molecule has 3 aromatic rings. The van der Waals surface area contributed by atoms with Crippen LogP contribution in [0.5, 0.6) is 11.5 Å². The number of aryl methyl sites for hydroxylation is 1. The molecule has 0 aliphatic carbocycles. The molecule has 0 atom stereocenters. The van der Waals surface area contributed by atoms with Gasteiger partial charge in [-0.05, 0) is 24.6 Å². The molecule has 30 heavy (non-hydrogen) atoms. The van der Waals surface area contributed by atoms with E-state index in [9.17, 15) is 13.6 Å². The lowest BCUT2D eigenvalue weighted by molar-refractivity contribution is -0.130. The summed E-state index contributed by atoms with van der Waals surface area (Å²) in [7, 11) is 1.64. The largest absolute Gasteiger partial charge is 0.490 e. The van der Waals surface area contributed by atoms with Gasteiger partial charge in [0.05, 0.1) is 6.61 Å².